The Hall–Kier alpha value is -4.13. The number of para-hydroxylation sites is 1. The Kier molecular flexibility index (Phi) is 4.86. The number of carbonyl (C=O) groups excluding carboxylic acids is 1. The molecule has 0 spiro atoms. The van der Waals surface area contributed by atoms with Crippen LogP contribution >= 0.6 is 0 Å². The summed E-state index contributed by atoms with van der Waals surface area (Å²) in [4.78, 5) is 15.3. The lowest BCUT2D eigenvalue weighted by molar-refractivity contribution is 0.0988. The molecule has 1 atom stereocenters. The average molecular weight is 429 g/mol. The van der Waals surface area contributed by atoms with E-state index in [1.807, 2.05) is 42.5 Å². The molecule has 0 radical (unpaired) electrons. The molecule has 0 saturated carbocycles. The largest absolute Gasteiger partial charge is 0.497 e. The number of nitrogens with zero attached hydrogens (tertiary/aromatic N) is 2. The number of aromatic nitrogens is 2. The SMILES string of the molecule is COc1ccc(C2c3c(-c4ccc(F)cc4)n[nH]c3C(=O)N2c2ccccc2)c(OC)c1. The predicted molar refractivity (Wildman–Crippen MR) is 119 cm³/mol. The minimum atomic E-state index is -0.500. The molecule has 0 aliphatic carbocycles. The molecule has 5 rings (SSSR count). The number of hydrogen-bond donors (Lipinski definition) is 1. The van der Waals surface area contributed by atoms with Gasteiger partial charge in [0.15, 0.2) is 0 Å². The molecule has 1 aliphatic rings. The molecule has 3 aromatic carbocycles. The van der Waals surface area contributed by atoms with Crippen molar-refractivity contribution >= 4 is 11.6 Å². The van der Waals surface area contributed by atoms with Gasteiger partial charge in [-0.3, -0.25) is 14.8 Å². The minimum Gasteiger partial charge on any atom is -0.497 e. The highest BCUT2D eigenvalue weighted by Crippen LogP contribution is 2.47. The van der Waals surface area contributed by atoms with Crippen molar-refractivity contribution in [2.45, 2.75) is 6.04 Å². The molecule has 32 heavy (non-hydrogen) atoms. The van der Waals surface area contributed by atoms with Crippen LogP contribution in [0.4, 0.5) is 10.1 Å². The number of hydrogen-bond acceptors (Lipinski definition) is 4. The number of methoxy groups -OCH3 is 2. The van der Waals surface area contributed by atoms with Gasteiger partial charge in [-0.25, -0.2) is 4.39 Å². The summed E-state index contributed by atoms with van der Waals surface area (Å²) in [5.41, 5.74) is 3.95. The van der Waals surface area contributed by atoms with Gasteiger partial charge in [0.1, 0.15) is 23.0 Å². The van der Waals surface area contributed by atoms with Crippen molar-refractivity contribution in [2.24, 2.45) is 0 Å². The first-order chi connectivity index (χ1) is 15.6. The second kappa shape index (κ2) is 7.85. The predicted octanol–water partition coefficient (Wildman–Crippen LogP) is 4.98. The smallest absolute Gasteiger partial charge is 0.277 e. The molecule has 1 N–H and O–H groups in total. The lowest BCUT2D eigenvalue weighted by Crippen LogP contribution is -2.29. The van der Waals surface area contributed by atoms with E-state index in [4.69, 9.17) is 9.47 Å². The van der Waals surface area contributed by atoms with Crippen LogP contribution in [0.2, 0.25) is 0 Å². The van der Waals surface area contributed by atoms with Gasteiger partial charge in [-0.15, -0.1) is 0 Å². The van der Waals surface area contributed by atoms with Crippen molar-refractivity contribution in [3.8, 4) is 22.8 Å². The zero-order chi connectivity index (χ0) is 22.2. The number of ether oxygens (including phenoxy) is 2. The van der Waals surface area contributed by atoms with Crippen LogP contribution in [0.15, 0.2) is 72.8 Å². The van der Waals surface area contributed by atoms with Gasteiger partial charge >= 0.3 is 0 Å². The summed E-state index contributed by atoms with van der Waals surface area (Å²) >= 11 is 0. The number of amides is 1. The van der Waals surface area contributed by atoms with Crippen LogP contribution < -0.4 is 14.4 Å². The fourth-order valence-electron chi connectivity index (χ4n) is 4.17. The first-order valence-corrected chi connectivity index (χ1v) is 10.1. The van der Waals surface area contributed by atoms with Crippen LogP contribution in [0, 0.1) is 5.82 Å². The number of benzene rings is 3. The van der Waals surface area contributed by atoms with Crippen molar-refractivity contribution in [1.82, 2.24) is 10.2 Å². The van der Waals surface area contributed by atoms with Crippen molar-refractivity contribution in [3.05, 3.63) is 95.4 Å². The van der Waals surface area contributed by atoms with Crippen molar-refractivity contribution in [2.75, 3.05) is 19.1 Å². The summed E-state index contributed by atoms with van der Waals surface area (Å²) < 4.78 is 24.6. The Balaban J connectivity index is 1.75. The van der Waals surface area contributed by atoms with Crippen molar-refractivity contribution < 1.29 is 18.7 Å². The molecule has 0 saturated heterocycles. The van der Waals surface area contributed by atoms with Gasteiger partial charge in [0, 0.05) is 28.4 Å². The lowest BCUT2D eigenvalue weighted by Gasteiger charge is -2.27. The Labute approximate surface area is 184 Å². The highest BCUT2D eigenvalue weighted by molar-refractivity contribution is 6.11. The van der Waals surface area contributed by atoms with E-state index < -0.39 is 6.04 Å². The highest BCUT2D eigenvalue weighted by Gasteiger charge is 2.44. The molecular weight excluding hydrogens is 409 g/mol. The maximum Gasteiger partial charge on any atom is 0.277 e. The van der Waals surface area contributed by atoms with Gasteiger partial charge in [0.2, 0.25) is 0 Å². The Morgan fingerprint density at radius 2 is 1.72 bits per heavy atom. The zero-order valence-corrected chi connectivity index (χ0v) is 17.5. The number of rotatable bonds is 5. The minimum absolute atomic E-state index is 0.199. The van der Waals surface area contributed by atoms with E-state index >= 15 is 0 Å². The number of carbonyl (C=O) groups is 1. The first kappa shape index (κ1) is 19.8. The van der Waals surface area contributed by atoms with Crippen LogP contribution in [-0.2, 0) is 0 Å². The molecule has 0 bridgehead atoms. The summed E-state index contributed by atoms with van der Waals surface area (Å²) in [5, 5.41) is 7.33. The number of anilines is 1. The van der Waals surface area contributed by atoms with Crippen LogP contribution in [0.25, 0.3) is 11.3 Å². The van der Waals surface area contributed by atoms with Crippen LogP contribution in [0.5, 0.6) is 11.5 Å². The zero-order valence-electron chi connectivity index (χ0n) is 17.5. The van der Waals surface area contributed by atoms with E-state index in [0.717, 1.165) is 11.3 Å². The summed E-state index contributed by atoms with van der Waals surface area (Å²) in [7, 11) is 3.17. The average Bonchev–Trinajstić information content (AvgIpc) is 3.38. The van der Waals surface area contributed by atoms with Gasteiger partial charge in [-0.1, -0.05) is 18.2 Å². The Morgan fingerprint density at radius 1 is 0.969 bits per heavy atom. The molecule has 1 unspecified atom stereocenters. The summed E-state index contributed by atoms with van der Waals surface area (Å²) in [5.74, 6) is 0.695. The summed E-state index contributed by atoms with van der Waals surface area (Å²) in [6.45, 7) is 0. The Bertz CT molecular complexity index is 1290. The monoisotopic (exact) mass is 429 g/mol. The van der Waals surface area contributed by atoms with Crippen molar-refractivity contribution in [3.63, 3.8) is 0 Å². The molecule has 160 valence electrons. The molecule has 6 nitrogen and oxygen atoms in total. The number of fused-ring (bicyclic) bond motifs is 1. The molecule has 1 aromatic heterocycles. The van der Waals surface area contributed by atoms with Gasteiger partial charge in [-0.2, -0.15) is 5.10 Å². The highest BCUT2D eigenvalue weighted by atomic mass is 19.1. The third-order valence-corrected chi connectivity index (χ3v) is 5.66. The topological polar surface area (TPSA) is 67.5 Å². The van der Waals surface area contributed by atoms with E-state index in [-0.39, 0.29) is 11.7 Å². The molecule has 0 fully saturated rings. The second-order valence-corrected chi connectivity index (χ2v) is 7.39. The maximum absolute atomic E-state index is 13.5. The maximum atomic E-state index is 13.5. The molecule has 2 heterocycles. The second-order valence-electron chi connectivity index (χ2n) is 7.39. The van der Waals surface area contributed by atoms with Gasteiger partial charge in [0.25, 0.3) is 5.91 Å². The number of nitrogens with one attached hydrogen (secondary N) is 1. The number of aromatic amines is 1. The standard InChI is InChI=1S/C25H20FN3O3/c1-31-18-12-13-19(20(14-18)32-2)24-21-22(15-8-10-16(26)11-9-15)27-28-23(21)25(30)29(24)17-6-4-3-5-7-17/h3-14,24H,1-2H3,(H,27,28). The molecule has 7 heteroatoms. The fourth-order valence-corrected chi connectivity index (χ4v) is 4.17. The Morgan fingerprint density at radius 3 is 2.41 bits per heavy atom. The quantitative estimate of drug-likeness (QED) is 0.486. The lowest BCUT2D eigenvalue weighted by atomic mass is 9.95. The van der Waals surface area contributed by atoms with E-state index in [0.29, 0.717) is 34.0 Å². The molecule has 1 amide bonds. The fraction of sp³-hybridized carbons (Fsp3) is 0.120. The summed E-state index contributed by atoms with van der Waals surface area (Å²) in [6.07, 6.45) is 0. The van der Waals surface area contributed by atoms with E-state index in [9.17, 15) is 9.18 Å². The van der Waals surface area contributed by atoms with Crippen molar-refractivity contribution in [1.29, 1.82) is 0 Å². The third-order valence-electron chi connectivity index (χ3n) is 5.66. The van der Waals surface area contributed by atoms with E-state index in [1.54, 1.807) is 37.3 Å². The number of H-pyrrole nitrogens is 1. The van der Waals surface area contributed by atoms with Gasteiger partial charge < -0.3 is 9.47 Å². The summed E-state index contributed by atoms with van der Waals surface area (Å²) in [6, 6.07) is 20.5. The van der Waals surface area contributed by atoms with E-state index in [1.165, 1.54) is 12.1 Å². The van der Waals surface area contributed by atoms with Crippen LogP contribution in [-0.4, -0.2) is 30.3 Å². The third kappa shape index (κ3) is 3.10. The number of halogens is 1. The van der Waals surface area contributed by atoms with Gasteiger partial charge in [-0.05, 0) is 48.5 Å². The van der Waals surface area contributed by atoms with E-state index in [2.05, 4.69) is 10.2 Å². The first-order valence-electron chi connectivity index (χ1n) is 10.1. The molecular formula is C25H20FN3O3. The van der Waals surface area contributed by atoms with Crippen LogP contribution in [0.1, 0.15) is 27.7 Å². The van der Waals surface area contributed by atoms with Gasteiger partial charge in [0.05, 0.1) is 26.0 Å². The molecule has 1 aliphatic heterocycles. The van der Waals surface area contributed by atoms with Crippen LogP contribution in [0.3, 0.4) is 0 Å². The normalized spacial score (nSPS) is 15.0. The molecule has 4 aromatic rings.